The van der Waals surface area contributed by atoms with Crippen LogP contribution in [0, 0.1) is 0 Å². The number of carbonyl (C=O) groups is 2. The molecule has 1 fully saturated rings. The van der Waals surface area contributed by atoms with Gasteiger partial charge in [0.25, 0.3) is 0 Å². The van der Waals surface area contributed by atoms with E-state index in [1.165, 1.54) is 44.9 Å². The molecule has 218 valence electrons. The highest BCUT2D eigenvalue weighted by Crippen LogP contribution is 2.38. The van der Waals surface area contributed by atoms with Gasteiger partial charge in [-0.3, -0.25) is 14.7 Å². The van der Waals surface area contributed by atoms with E-state index in [-0.39, 0.29) is 54.5 Å². The fraction of sp³-hybridized carbons (Fsp3) is 0.731. The Balaban J connectivity index is 1.39. The van der Waals surface area contributed by atoms with Crippen molar-refractivity contribution in [2.45, 2.75) is 102 Å². The molecule has 1 aliphatic heterocycles. The van der Waals surface area contributed by atoms with Gasteiger partial charge >= 0.3 is 12.1 Å². The first kappa shape index (κ1) is 31.0. The topological polar surface area (TPSA) is 158 Å². The molecule has 3 rings (SSSR count). The van der Waals surface area contributed by atoms with Crippen LogP contribution in [-0.2, 0) is 19.0 Å². The highest BCUT2D eigenvalue weighted by atomic mass is 35.5. The highest BCUT2D eigenvalue weighted by Gasteiger charge is 2.45. The Bertz CT molecular complexity index is 1080. The van der Waals surface area contributed by atoms with E-state index in [0.717, 1.165) is 19.3 Å². The Kier molecular flexibility index (Phi) is 12.2. The lowest BCUT2D eigenvalue weighted by atomic mass is 10.0. The summed E-state index contributed by atoms with van der Waals surface area (Å²) in [6, 6.07) is 0. The molecule has 0 radical (unpaired) electrons. The quantitative estimate of drug-likeness (QED) is 0.149. The van der Waals surface area contributed by atoms with Gasteiger partial charge in [0.1, 0.15) is 25.0 Å². The number of carbonyl (C=O) groups excluding carboxylic acids is 2. The minimum atomic E-state index is -1.13. The Morgan fingerprint density at radius 1 is 1.13 bits per heavy atom. The van der Waals surface area contributed by atoms with Crippen molar-refractivity contribution < 1.29 is 34.0 Å². The van der Waals surface area contributed by atoms with Gasteiger partial charge < -0.3 is 24.4 Å². The van der Waals surface area contributed by atoms with Crippen LogP contribution in [0.15, 0.2) is 6.33 Å². The second kappa shape index (κ2) is 15.3. The number of nitrogens with one attached hydrogen (secondary N) is 1. The van der Waals surface area contributed by atoms with E-state index in [9.17, 15) is 19.8 Å². The van der Waals surface area contributed by atoms with Crippen LogP contribution < -0.4 is 5.32 Å². The Morgan fingerprint density at radius 3 is 2.46 bits per heavy atom. The minimum Gasteiger partial charge on any atom is -0.462 e. The fourth-order valence-corrected chi connectivity index (χ4v) is 4.62. The largest absolute Gasteiger partial charge is 0.462 e. The SMILES string of the molecule is CCCCCCCCCCCC(=O)OCCOC(=O)Nc1nc(Cl)nc2c1ncn2[C@H]1C[C@H](O)[C@@](C)(CO)O1. The van der Waals surface area contributed by atoms with E-state index in [2.05, 4.69) is 27.2 Å². The summed E-state index contributed by atoms with van der Waals surface area (Å²) in [6.07, 6.45) is 10.1. The predicted molar refractivity (Wildman–Crippen MR) is 144 cm³/mol. The van der Waals surface area contributed by atoms with Crippen molar-refractivity contribution in [2.24, 2.45) is 0 Å². The number of aliphatic hydroxyl groups is 2. The average molecular weight is 570 g/mol. The number of unbranched alkanes of at least 4 members (excludes halogenated alkanes) is 8. The normalized spacial score (nSPS) is 20.8. The highest BCUT2D eigenvalue weighted by molar-refractivity contribution is 6.28. The monoisotopic (exact) mass is 569 g/mol. The number of hydrogen-bond donors (Lipinski definition) is 3. The van der Waals surface area contributed by atoms with Crippen molar-refractivity contribution in [2.75, 3.05) is 25.1 Å². The van der Waals surface area contributed by atoms with Gasteiger partial charge in [0, 0.05) is 12.8 Å². The molecular weight excluding hydrogens is 530 g/mol. The third-order valence-electron chi connectivity index (χ3n) is 6.84. The number of hydrogen-bond acceptors (Lipinski definition) is 10. The number of aliphatic hydroxyl groups excluding tert-OH is 2. The first-order valence-corrected chi connectivity index (χ1v) is 14.1. The summed E-state index contributed by atoms with van der Waals surface area (Å²) in [5.41, 5.74) is -0.616. The number of halogens is 1. The predicted octanol–water partition coefficient (Wildman–Crippen LogP) is 4.52. The van der Waals surface area contributed by atoms with Crippen molar-refractivity contribution in [1.29, 1.82) is 0 Å². The van der Waals surface area contributed by atoms with E-state index < -0.39 is 24.0 Å². The standard InChI is InChI=1S/C26H40ClN5O7/c1-3-4-5-6-7-8-9-10-11-12-20(35)37-13-14-38-25(36)30-22-21-23(31-24(27)29-22)32(17-28-21)19-15-18(34)26(2,16-33)39-19/h17-19,33-34H,3-16H2,1-2H3,(H,29,30,31,36)/t18-,19+,26+/m0/s1. The van der Waals surface area contributed by atoms with E-state index in [1.54, 1.807) is 11.5 Å². The molecule has 13 heteroatoms. The van der Waals surface area contributed by atoms with Gasteiger partial charge in [-0.1, -0.05) is 58.3 Å². The second-order valence-electron chi connectivity index (χ2n) is 10.0. The van der Waals surface area contributed by atoms with E-state index in [4.69, 9.17) is 25.8 Å². The Labute approximate surface area is 233 Å². The van der Waals surface area contributed by atoms with Crippen molar-refractivity contribution in [3.63, 3.8) is 0 Å². The van der Waals surface area contributed by atoms with E-state index in [0.29, 0.717) is 6.42 Å². The van der Waals surface area contributed by atoms with Gasteiger partial charge in [0.15, 0.2) is 17.0 Å². The van der Waals surface area contributed by atoms with E-state index >= 15 is 0 Å². The number of aromatic nitrogens is 4. The Hall–Kier alpha value is -2.54. The molecule has 2 aromatic heterocycles. The molecular formula is C26H40ClN5O7. The van der Waals surface area contributed by atoms with Crippen LogP contribution in [0.2, 0.25) is 5.28 Å². The molecule has 2 aromatic rings. The lowest BCUT2D eigenvalue weighted by molar-refractivity contribution is -0.144. The first-order valence-electron chi connectivity index (χ1n) is 13.7. The molecule has 0 spiro atoms. The summed E-state index contributed by atoms with van der Waals surface area (Å²) in [4.78, 5) is 36.7. The van der Waals surface area contributed by atoms with Gasteiger partial charge in [-0.2, -0.15) is 9.97 Å². The second-order valence-corrected chi connectivity index (χ2v) is 10.4. The van der Waals surface area contributed by atoms with Crippen LogP contribution in [0.4, 0.5) is 10.6 Å². The van der Waals surface area contributed by atoms with Crippen LogP contribution in [-0.4, -0.2) is 73.3 Å². The molecule has 0 unspecified atom stereocenters. The first-order chi connectivity index (χ1) is 18.8. The molecule has 3 heterocycles. The third kappa shape index (κ3) is 8.99. The molecule has 0 saturated carbocycles. The zero-order chi connectivity index (χ0) is 28.3. The smallest absolute Gasteiger partial charge is 0.412 e. The van der Waals surface area contributed by atoms with Crippen LogP contribution in [0.3, 0.4) is 0 Å². The summed E-state index contributed by atoms with van der Waals surface area (Å²) in [5, 5.41) is 22.2. The van der Waals surface area contributed by atoms with Crippen LogP contribution in [0.5, 0.6) is 0 Å². The molecule has 1 amide bonds. The third-order valence-corrected chi connectivity index (χ3v) is 7.01. The average Bonchev–Trinajstić information content (AvgIpc) is 3.46. The number of anilines is 1. The summed E-state index contributed by atoms with van der Waals surface area (Å²) < 4.78 is 17.6. The number of esters is 1. The summed E-state index contributed by atoms with van der Waals surface area (Å²) >= 11 is 6.07. The number of ether oxygens (including phenoxy) is 3. The molecule has 0 aromatic carbocycles. The maximum absolute atomic E-state index is 12.3. The number of nitrogens with zero attached hydrogens (tertiary/aromatic N) is 4. The molecule has 39 heavy (non-hydrogen) atoms. The fourth-order valence-electron chi connectivity index (χ4n) is 4.45. The van der Waals surface area contributed by atoms with Crippen molar-refractivity contribution >= 4 is 40.6 Å². The zero-order valence-electron chi connectivity index (χ0n) is 22.7. The maximum atomic E-state index is 12.3. The number of rotatable bonds is 16. The van der Waals surface area contributed by atoms with Gasteiger partial charge in [0.05, 0.1) is 19.0 Å². The number of imidazole rings is 1. The lowest BCUT2D eigenvalue weighted by Crippen LogP contribution is -2.39. The molecule has 0 bridgehead atoms. The molecule has 12 nitrogen and oxygen atoms in total. The van der Waals surface area contributed by atoms with Gasteiger partial charge in [-0.05, 0) is 24.9 Å². The minimum absolute atomic E-state index is 0.0274. The van der Waals surface area contributed by atoms with Crippen LogP contribution in [0.25, 0.3) is 11.2 Å². The van der Waals surface area contributed by atoms with Gasteiger partial charge in [-0.25, -0.2) is 9.78 Å². The summed E-state index contributed by atoms with van der Waals surface area (Å²) in [6.45, 7) is 3.28. The number of fused-ring (bicyclic) bond motifs is 1. The van der Waals surface area contributed by atoms with Crippen molar-refractivity contribution in [3.05, 3.63) is 11.6 Å². The molecule has 3 N–H and O–H groups in total. The van der Waals surface area contributed by atoms with Crippen molar-refractivity contribution in [1.82, 2.24) is 19.5 Å². The molecule has 0 aliphatic carbocycles. The van der Waals surface area contributed by atoms with Crippen LogP contribution in [0.1, 0.15) is 90.7 Å². The molecule has 1 aliphatic rings. The maximum Gasteiger partial charge on any atom is 0.412 e. The summed E-state index contributed by atoms with van der Waals surface area (Å²) in [7, 11) is 0. The zero-order valence-corrected chi connectivity index (χ0v) is 23.5. The van der Waals surface area contributed by atoms with E-state index in [1.807, 2.05) is 0 Å². The van der Waals surface area contributed by atoms with Gasteiger partial charge in [0.2, 0.25) is 5.28 Å². The van der Waals surface area contributed by atoms with Crippen molar-refractivity contribution in [3.8, 4) is 0 Å². The summed E-state index contributed by atoms with van der Waals surface area (Å²) in [5.74, 6) is -0.284. The van der Waals surface area contributed by atoms with Crippen LogP contribution >= 0.6 is 11.6 Å². The molecule has 3 atom stereocenters. The number of amides is 1. The molecule has 1 saturated heterocycles. The van der Waals surface area contributed by atoms with Gasteiger partial charge in [-0.15, -0.1) is 0 Å². The Morgan fingerprint density at radius 2 is 1.79 bits per heavy atom. The lowest BCUT2D eigenvalue weighted by Gasteiger charge is -2.24.